The molecule has 2 heterocycles. The first-order valence-electron chi connectivity index (χ1n) is 12.6. The molecule has 1 aromatic heterocycles. The number of aromatic nitrogens is 2. The Labute approximate surface area is 223 Å². The maximum atomic E-state index is 13.3. The third-order valence-electron chi connectivity index (χ3n) is 6.92. The first kappa shape index (κ1) is 25.8. The number of halogens is 1. The quantitative estimate of drug-likeness (QED) is 0.493. The fourth-order valence-electron chi connectivity index (χ4n) is 4.65. The maximum absolute atomic E-state index is 13.3. The zero-order valence-electron chi connectivity index (χ0n) is 21.0. The molecule has 1 atom stereocenters. The summed E-state index contributed by atoms with van der Waals surface area (Å²) in [7, 11) is 0. The number of benzene rings is 2. The number of hydrogen-bond acceptors (Lipinski definition) is 6. The molecule has 3 aromatic rings. The molecule has 2 aromatic carbocycles. The minimum atomic E-state index is -0.361. The Kier molecular flexibility index (Phi) is 7.40. The third-order valence-corrected chi connectivity index (χ3v) is 7.23. The lowest BCUT2D eigenvalue weighted by atomic mass is 10.2. The highest BCUT2D eigenvalue weighted by molar-refractivity contribution is 6.31. The van der Waals surface area contributed by atoms with Gasteiger partial charge >= 0.3 is 11.7 Å². The highest BCUT2D eigenvalue weighted by atomic mass is 35.5. The van der Waals surface area contributed by atoms with Gasteiger partial charge in [0.05, 0.1) is 40.7 Å². The van der Waals surface area contributed by atoms with Gasteiger partial charge in [-0.25, -0.2) is 9.59 Å². The van der Waals surface area contributed by atoms with E-state index in [9.17, 15) is 14.4 Å². The van der Waals surface area contributed by atoms with Crippen molar-refractivity contribution in [1.82, 2.24) is 14.0 Å². The van der Waals surface area contributed by atoms with E-state index in [4.69, 9.17) is 26.3 Å². The number of amides is 2. The van der Waals surface area contributed by atoms with Gasteiger partial charge < -0.3 is 19.7 Å². The van der Waals surface area contributed by atoms with Gasteiger partial charge in [0.2, 0.25) is 0 Å². The van der Waals surface area contributed by atoms with E-state index in [1.54, 1.807) is 45.9 Å². The SMILES string of the molecule is CCn1c(=O)n(CC2CC2)c(=O)c2cc(NC(=O)N3CCOCC3COc3ccc(C#N)c(Cl)c3)ccc21. The van der Waals surface area contributed by atoms with Gasteiger partial charge in [-0.15, -0.1) is 0 Å². The summed E-state index contributed by atoms with van der Waals surface area (Å²) in [6, 6.07) is 11.1. The molecule has 2 fully saturated rings. The van der Waals surface area contributed by atoms with Crippen LogP contribution in [0.5, 0.6) is 5.75 Å². The van der Waals surface area contributed by atoms with Crippen LogP contribution in [0.4, 0.5) is 10.5 Å². The molecular weight excluding hydrogens is 510 g/mol. The molecule has 198 valence electrons. The number of carbonyl (C=O) groups excluding carboxylic acids is 1. The normalized spacial score (nSPS) is 17.3. The molecule has 2 aliphatic rings. The Balaban J connectivity index is 1.34. The van der Waals surface area contributed by atoms with E-state index in [0.717, 1.165) is 12.8 Å². The van der Waals surface area contributed by atoms with Crippen LogP contribution in [0.1, 0.15) is 25.3 Å². The molecule has 0 spiro atoms. The number of anilines is 1. The molecule has 0 bridgehead atoms. The average Bonchev–Trinajstić information content (AvgIpc) is 3.75. The van der Waals surface area contributed by atoms with Crippen molar-refractivity contribution in [3.63, 3.8) is 0 Å². The second-order valence-corrected chi connectivity index (χ2v) is 9.94. The van der Waals surface area contributed by atoms with Crippen LogP contribution in [0.3, 0.4) is 0 Å². The number of nitrogens with one attached hydrogen (secondary N) is 1. The van der Waals surface area contributed by atoms with Crippen molar-refractivity contribution >= 4 is 34.2 Å². The van der Waals surface area contributed by atoms with Gasteiger partial charge in [0.25, 0.3) is 5.56 Å². The molecule has 1 N–H and O–H groups in total. The van der Waals surface area contributed by atoms with Gasteiger partial charge in [-0.1, -0.05) is 11.6 Å². The lowest BCUT2D eigenvalue weighted by molar-refractivity contribution is -0.000857. The minimum Gasteiger partial charge on any atom is -0.491 e. The fraction of sp³-hybridized carbons (Fsp3) is 0.407. The second-order valence-electron chi connectivity index (χ2n) is 9.53. The van der Waals surface area contributed by atoms with Crippen molar-refractivity contribution in [2.45, 2.75) is 38.9 Å². The summed E-state index contributed by atoms with van der Waals surface area (Å²) in [6.45, 7) is 3.95. The summed E-state index contributed by atoms with van der Waals surface area (Å²) >= 11 is 6.09. The van der Waals surface area contributed by atoms with Gasteiger partial charge in [0, 0.05) is 31.4 Å². The molecule has 10 nitrogen and oxygen atoms in total. The summed E-state index contributed by atoms with van der Waals surface area (Å²) < 4.78 is 14.3. The van der Waals surface area contributed by atoms with Crippen molar-refractivity contribution in [2.75, 3.05) is 31.7 Å². The molecule has 38 heavy (non-hydrogen) atoms. The van der Waals surface area contributed by atoms with Crippen molar-refractivity contribution < 1.29 is 14.3 Å². The molecule has 5 rings (SSSR count). The molecule has 11 heteroatoms. The van der Waals surface area contributed by atoms with E-state index in [2.05, 4.69) is 5.32 Å². The van der Waals surface area contributed by atoms with E-state index in [1.807, 2.05) is 13.0 Å². The van der Waals surface area contributed by atoms with Crippen molar-refractivity contribution in [3.05, 3.63) is 67.8 Å². The molecule has 1 aliphatic heterocycles. The van der Waals surface area contributed by atoms with Crippen LogP contribution < -0.4 is 21.3 Å². The number of fused-ring (bicyclic) bond motifs is 1. The van der Waals surface area contributed by atoms with Crippen LogP contribution in [0.25, 0.3) is 10.9 Å². The Bertz CT molecular complexity index is 1540. The number of rotatable bonds is 7. The van der Waals surface area contributed by atoms with E-state index < -0.39 is 0 Å². The zero-order chi connectivity index (χ0) is 26.8. The lowest BCUT2D eigenvalue weighted by Gasteiger charge is -2.35. The number of ether oxygens (including phenoxy) is 2. The monoisotopic (exact) mass is 537 g/mol. The predicted octanol–water partition coefficient (Wildman–Crippen LogP) is 3.43. The maximum Gasteiger partial charge on any atom is 0.331 e. The lowest BCUT2D eigenvalue weighted by Crippen LogP contribution is -2.52. The van der Waals surface area contributed by atoms with Crippen LogP contribution in [0.15, 0.2) is 46.0 Å². The molecule has 0 radical (unpaired) electrons. The van der Waals surface area contributed by atoms with Gasteiger partial charge in [-0.2, -0.15) is 5.26 Å². The Hall–Kier alpha value is -3.81. The Morgan fingerprint density at radius 1 is 1.21 bits per heavy atom. The summed E-state index contributed by atoms with van der Waals surface area (Å²) in [6.07, 6.45) is 2.05. The van der Waals surface area contributed by atoms with E-state index in [1.165, 1.54) is 4.57 Å². The standard InChI is InChI=1S/C27H28ClN5O5/c1-2-31-24-8-6-19(11-22(24)25(34)33(27(31)36)14-17-3-4-17)30-26(35)32-9-10-37-15-20(32)16-38-21-7-5-18(13-29)23(28)12-21/h5-8,11-12,17,20H,2-4,9-10,14-16H2,1H3,(H,30,35). The van der Waals surface area contributed by atoms with Gasteiger partial charge in [-0.05, 0) is 56.0 Å². The van der Waals surface area contributed by atoms with Crippen molar-refractivity contribution in [1.29, 1.82) is 5.26 Å². The molecule has 2 amide bonds. The fourth-order valence-corrected chi connectivity index (χ4v) is 4.86. The minimum absolute atomic E-state index is 0.169. The van der Waals surface area contributed by atoms with Crippen LogP contribution in [0.2, 0.25) is 5.02 Å². The number of urea groups is 1. The zero-order valence-corrected chi connectivity index (χ0v) is 21.7. The average molecular weight is 538 g/mol. The van der Waals surface area contributed by atoms with E-state index >= 15 is 0 Å². The number of nitriles is 1. The largest absolute Gasteiger partial charge is 0.491 e. The van der Waals surface area contributed by atoms with Crippen molar-refractivity contribution in [3.8, 4) is 11.8 Å². The van der Waals surface area contributed by atoms with Crippen molar-refractivity contribution in [2.24, 2.45) is 5.92 Å². The van der Waals surface area contributed by atoms with Crippen LogP contribution in [0, 0.1) is 17.2 Å². The Morgan fingerprint density at radius 3 is 2.74 bits per heavy atom. The molecule has 1 unspecified atom stereocenters. The van der Waals surface area contributed by atoms with E-state index in [-0.39, 0.29) is 29.9 Å². The smallest absolute Gasteiger partial charge is 0.331 e. The highest BCUT2D eigenvalue weighted by Crippen LogP contribution is 2.30. The van der Waals surface area contributed by atoms with E-state index in [0.29, 0.717) is 71.7 Å². The number of hydrogen-bond donors (Lipinski definition) is 1. The molecule has 1 saturated carbocycles. The number of nitrogens with zero attached hydrogens (tertiary/aromatic N) is 4. The first-order chi connectivity index (χ1) is 18.4. The van der Waals surface area contributed by atoms with Crippen LogP contribution in [-0.2, 0) is 17.8 Å². The predicted molar refractivity (Wildman–Crippen MR) is 143 cm³/mol. The first-order valence-corrected chi connectivity index (χ1v) is 13.0. The van der Waals surface area contributed by atoms with Gasteiger partial charge in [0.15, 0.2) is 0 Å². The van der Waals surface area contributed by atoms with Crippen LogP contribution >= 0.6 is 11.6 Å². The summed E-state index contributed by atoms with van der Waals surface area (Å²) in [5.74, 6) is 0.853. The Morgan fingerprint density at radius 2 is 2.03 bits per heavy atom. The van der Waals surface area contributed by atoms with Gasteiger partial charge in [0.1, 0.15) is 18.4 Å². The summed E-state index contributed by atoms with van der Waals surface area (Å²) in [5, 5.41) is 12.6. The molecule has 1 saturated heterocycles. The second kappa shape index (κ2) is 10.9. The topological polar surface area (TPSA) is 119 Å². The summed E-state index contributed by atoms with van der Waals surface area (Å²) in [5.41, 5.74) is 0.728. The highest BCUT2D eigenvalue weighted by Gasteiger charge is 2.29. The molecule has 1 aliphatic carbocycles. The van der Waals surface area contributed by atoms with Gasteiger partial charge in [-0.3, -0.25) is 13.9 Å². The number of morpholine rings is 1. The van der Waals surface area contributed by atoms with Crippen LogP contribution in [-0.4, -0.2) is 52.5 Å². The number of aryl methyl sites for hydroxylation is 1. The molecular formula is C27H28ClN5O5. The number of carbonyl (C=O) groups is 1. The third kappa shape index (κ3) is 5.26. The summed E-state index contributed by atoms with van der Waals surface area (Å²) in [4.78, 5) is 41.0.